The molecule has 1 atom stereocenters. The average molecular weight is 319 g/mol. The quantitative estimate of drug-likeness (QED) is 0.504. The van der Waals surface area contributed by atoms with E-state index < -0.39 is 5.60 Å². The molecule has 6 nitrogen and oxygen atoms in total. The third-order valence-electron chi connectivity index (χ3n) is 3.30. The number of guanidine groups is 1. The summed E-state index contributed by atoms with van der Waals surface area (Å²) >= 11 is 0. The number of hydrogen-bond acceptors (Lipinski definition) is 4. The second-order valence-corrected chi connectivity index (χ2v) is 6.48. The van der Waals surface area contributed by atoms with Crippen molar-refractivity contribution in [2.75, 3.05) is 13.2 Å². The Morgan fingerprint density at radius 3 is 2.91 bits per heavy atom. The molecule has 23 heavy (non-hydrogen) atoms. The lowest BCUT2D eigenvalue weighted by molar-refractivity contribution is -0.154. The number of hydrogen-bond donors (Lipinski definition) is 2. The molecule has 2 rings (SSSR count). The molecular weight excluding hydrogens is 294 g/mol. The Morgan fingerprint density at radius 1 is 1.43 bits per heavy atom. The predicted octanol–water partition coefficient (Wildman–Crippen LogP) is 2.15. The maximum atomic E-state index is 11.6. The van der Waals surface area contributed by atoms with Gasteiger partial charge in [0.2, 0.25) is 0 Å². The first-order chi connectivity index (χ1) is 10.8. The van der Waals surface area contributed by atoms with Crippen LogP contribution in [0.4, 0.5) is 0 Å². The summed E-state index contributed by atoms with van der Waals surface area (Å²) in [5.74, 6) is 0.929. The van der Waals surface area contributed by atoms with Gasteiger partial charge < -0.3 is 20.5 Å². The standard InChI is InChI=1S/C17H25N3O3/c1-17(2,3)23-15(21)8-10-19-16(18)20-13-9-11-22-14-7-5-4-6-12(13)14/h4-7,13H,8-11H2,1-3H3,(H3,18,19,20). The van der Waals surface area contributed by atoms with Gasteiger partial charge in [-0.3, -0.25) is 9.79 Å². The van der Waals surface area contributed by atoms with E-state index in [-0.39, 0.29) is 18.4 Å². The number of carbonyl (C=O) groups is 1. The molecule has 1 heterocycles. The number of esters is 1. The van der Waals surface area contributed by atoms with Gasteiger partial charge in [0.05, 0.1) is 25.6 Å². The van der Waals surface area contributed by atoms with E-state index in [4.69, 9.17) is 15.2 Å². The van der Waals surface area contributed by atoms with Gasteiger partial charge in [0.25, 0.3) is 0 Å². The molecule has 6 heteroatoms. The van der Waals surface area contributed by atoms with Crippen molar-refractivity contribution in [3.8, 4) is 5.75 Å². The molecule has 0 aromatic heterocycles. The largest absolute Gasteiger partial charge is 0.493 e. The summed E-state index contributed by atoms with van der Waals surface area (Å²) in [6.45, 7) is 6.46. The average Bonchev–Trinajstić information content (AvgIpc) is 2.45. The maximum Gasteiger partial charge on any atom is 0.308 e. The van der Waals surface area contributed by atoms with Crippen molar-refractivity contribution in [3.63, 3.8) is 0 Å². The minimum Gasteiger partial charge on any atom is -0.493 e. The summed E-state index contributed by atoms with van der Waals surface area (Å²) in [4.78, 5) is 15.8. The smallest absolute Gasteiger partial charge is 0.308 e. The summed E-state index contributed by atoms with van der Waals surface area (Å²) < 4.78 is 10.8. The number of carbonyl (C=O) groups excluding carboxylic acids is 1. The highest BCUT2D eigenvalue weighted by atomic mass is 16.6. The summed E-state index contributed by atoms with van der Waals surface area (Å²) in [7, 11) is 0. The summed E-state index contributed by atoms with van der Waals surface area (Å²) in [6.07, 6.45) is 1.03. The number of benzene rings is 1. The molecule has 0 saturated heterocycles. The molecule has 0 saturated carbocycles. The number of rotatable bonds is 4. The molecule has 1 aliphatic rings. The summed E-state index contributed by atoms with van der Waals surface area (Å²) in [5, 5.41) is 3.19. The number of nitrogens with one attached hydrogen (secondary N) is 1. The predicted molar refractivity (Wildman–Crippen MR) is 89.4 cm³/mol. The first-order valence-corrected chi connectivity index (χ1v) is 7.85. The molecule has 126 valence electrons. The van der Waals surface area contributed by atoms with Crippen LogP contribution in [0.15, 0.2) is 29.3 Å². The molecule has 1 aromatic rings. The van der Waals surface area contributed by atoms with E-state index in [1.807, 2.05) is 45.0 Å². The highest BCUT2D eigenvalue weighted by molar-refractivity contribution is 5.79. The molecule has 0 radical (unpaired) electrons. The van der Waals surface area contributed by atoms with Gasteiger partial charge in [0, 0.05) is 12.0 Å². The number of ether oxygens (including phenoxy) is 2. The van der Waals surface area contributed by atoms with Crippen LogP contribution in [0.1, 0.15) is 45.2 Å². The number of para-hydroxylation sites is 1. The van der Waals surface area contributed by atoms with Crippen LogP contribution in [0.5, 0.6) is 5.75 Å². The van der Waals surface area contributed by atoms with E-state index in [0.717, 1.165) is 17.7 Å². The van der Waals surface area contributed by atoms with Crippen LogP contribution in [0.3, 0.4) is 0 Å². The van der Waals surface area contributed by atoms with Gasteiger partial charge >= 0.3 is 5.97 Å². The SMILES string of the molecule is CC(C)(C)OC(=O)CCN=C(N)NC1CCOc2ccccc21. The van der Waals surface area contributed by atoms with E-state index in [9.17, 15) is 4.79 Å². The normalized spacial score (nSPS) is 17.9. The van der Waals surface area contributed by atoms with Crippen molar-refractivity contribution in [1.29, 1.82) is 0 Å². The lowest BCUT2D eigenvalue weighted by atomic mass is 10.0. The molecule has 0 fully saturated rings. The van der Waals surface area contributed by atoms with Crippen molar-refractivity contribution < 1.29 is 14.3 Å². The monoisotopic (exact) mass is 319 g/mol. The van der Waals surface area contributed by atoms with Crippen molar-refractivity contribution in [2.45, 2.75) is 45.3 Å². The van der Waals surface area contributed by atoms with Crippen molar-refractivity contribution in [1.82, 2.24) is 5.32 Å². The Balaban J connectivity index is 1.85. The number of fused-ring (bicyclic) bond motifs is 1. The van der Waals surface area contributed by atoms with E-state index in [1.165, 1.54) is 0 Å². The molecule has 1 aliphatic heterocycles. The second-order valence-electron chi connectivity index (χ2n) is 6.48. The third-order valence-corrected chi connectivity index (χ3v) is 3.30. The minimum absolute atomic E-state index is 0.0743. The molecule has 1 unspecified atom stereocenters. The van der Waals surface area contributed by atoms with Crippen LogP contribution < -0.4 is 15.8 Å². The highest BCUT2D eigenvalue weighted by Crippen LogP contribution is 2.31. The van der Waals surface area contributed by atoms with E-state index >= 15 is 0 Å². The van der Waals surface area contributed by atoms with Crippen molar-refractivity contribution in [2.24, 2.45) is 10.7 Å². The Hall–Kier alpha value is -2.24. The number of nitrogens with zero attached hydrogens (tertiary/aromatic N) is 1. The molecule has 0 spiro atoms. The van der Waals surface area contributed by atoms with Crippen LogP contribution >= 0.6 is 0 Å². The first kappa shape index (κ1) is 17.1. The van der Waals surface area contributed by atoms with Crippen LogP contribution in [0.25, 0.3) is 0 Å². The van der Waals surface area contributed by atoms with E-state index in [1.54, 1.807) is 0 Å². The molecule has 0 amide bonds. The molecule has 1 aromatic carbocycles. The van der Waals surface area contributed by atoms with Gasteiger partial charge in [-0.15, -0.1) is 0 Å². The fourth-order valence-corrected chi connectivity index (χ4v) is 2.38. The molecule has 0 aliphatic carbocycles. The van der Waals surface area contributed by atoms with Gasteiger partial charge in [0.15, 0.2) is 5.96 Å². The van der Waals surface area contributed by atoms with Crippen LogP contribution in [-0.2, 0) is 9.53 Å². The topological polar surface area (TPSA) is 85.9 Å². The van der Waals surface area contributed by atoms with Gasteiger partial charge in [-0.25, -0.2) is 0 Å². The zero-order valence-electron chi connectivity index (χ0n) is 14.0. The van der Waals surface area contributed by atoms with E-state index in [0.29, 0.717) is 19.1 Å². The Bertz CT molecular complexity index is 579. The zero-order chi connectivity index (χ0) is 16.9. The Kier molecular flexibility index (Phi) is 5.47. The molecular formula is C17H25N3O3. The molecule has 3 N–H and O–H groups in total. The fraction of sp³-hybridized carbons (Fsp3) is 0.529. The lowest BCUT2D eigenvalue weighted by Crippen LogP contribution is -2.37. The van der Waals surface area contributed by atoms with Gasteiger partial charge in [-0.2, -0.15) is 0 Å². The first-order valence-electron chi connectivity index (χ1n) is 7.85. The summed E-state index contributed by atoms with van der Waals surface area (Å²) in [6, 6.07) is 7.95. The highest BCUT2D eigenvalue weighted by Gasteiger charge is 2.21. The Morgan fingerprint density at radius 2 is 2.17 bits per heavy atom. The van der Waals surface area contributed by atoms with Crippen molar-refractivity contribution in [3.05, 3.63) is 29.8 Å². The number of nitrogens with two attached hydrogens (primary N) is 1. The Labute approximate surface area is 137 Å². The fourth-order valence-electron chi connectivity index (χ4n) is 2.38. The second kappa shape index (κ2) is 7.35. The third kappa shape index (κ3) is 5.47. The molecule has 0 bridgehead atoms. The van der Waals surface area contributed by atoms with Crippen LogP contribution in [0, 0.1) is 0 Å². The van der Waals surface area contributed by atoms with Crippen LogP contribution in [-0.4, -0.2) is 30.7 Å². The van der Waals surface area contributed by atoms with Crippen LogP contribution in [0.2, 0.25) is 0 Å². The van der Waals surface area contributed by atoms with Crippen molar-refractivity contribution >= 4 is 11.9 Å². The van der Waals surface area contributed by atoms with Gasteiger partial charge in [-0.05, 0) is 26.8 Å². The van der Waals surface area contributed by atoms with Gasteiger partial charge in [-0.1, -0.05) is 18.2 Å². The van der Waals surface area contributed by atoms with Gasteiger partial charge in [0.1, 0.15) is 11.4 Å². The summed E-state index contributed by atoms with van der Waals surface area (Å²) in [5.41, 5.74) is 6.52. The number of aliphatic imine (C=N–C) groups is 1. The zero-order valence-corrected chi connectivity index (χ0v) is 14.0. The van der Waals surface area contributed by atoms with E-state index in [2.05, 4.69) is 10.3 Å². The maximum absolute atomic E-state index is 11.6. The lowest BCUT2D eigenvalue weighted by Gasteiger charge is -2.26. The minimum atomic E-state index is -0.476.